The van der Waals surface area contributed by atoms with Gasteiger partial charge in [-0.15, -0.1) is 0 Å². The van der Waals surface area contributed by atoms with Crippen LogP contribution in [0.5, 0.6) is 5.75 Å². The molecule has 2 heterocycles. The van der Waals surface area contributed by atoms with Gasteiger partial charge in [-0.05, 0) is 54.1 Å². The third-order valence-electron chi connectivity index (χ3n) is 6.45. The monoisotopic (exact) mass is 541 g/mol. The van der Waals surface area contributed by atoms with E-state index in [1.807, 2.05) is 77.4 Å². The largest absolute Gasteiger partial charge is 0.497 e. The van der Waals surface area contributed by atoms with Crippen molar-refractivity contribution < 1.29 is 9.53 Å². The van der Waals surface area contributed by atoms with E-state index in [9.17, 15) is 4.79 Å². The van der Waals surface area contributed by atoms with Gasteiger partial charge in [0, 0.05) is 22.6 Å². The van der Waals surface area contributed by atoms with Gasteiger partial charge in [0.1, 0.15) is 5.75 Å². The summed E-state index contributed by atoms with van der Waals surface area (Å²) in [7, 11) is 1.60. The van der Waals surface area contributed by atoms with Gasteiger partial charge < -0.3 is 25.3 Å². The Labute approximate surface area is 236 Å². The number of fused-ring (bicyclic) bond motifs is 1. The van der Waals surface area contributed by atoms with Crippen LogP contribution in [0, 0.1) is 0 Å². The first-order valence-corrected chi connectivity index (χ1v) is 13.1. The smallest absolute Gasteiger partial charge is 0.323 e. The van der Waals surface area contributed by atoms with Crippen molar-refractivity contribution >= 4 is 40.1 Å². The van der Waals surface area contributed by atoms with Crippen LogP contribution >= 0.6 is 0 Å². The minimum atomic E-state index is -0.343. The second-order valence-electron chi connectivity index (χ2n) is 9.30. The van der Waals surface area contributed by atoms with Gasteiger partial charge in [-0.1, -0.05) is 60.7 Å². The van der Waals surface area contributed by atoms with Crippen molar-refractivity contribution in [2.24, 2.45) is 0 Å². The summed E-state index contributed by atoms with van der Waals surface area (Å²) >= 11 is 0. The van der Waals surface area contributed by atoms with Crippen LogP contribution in [0.2, 0.25) is 0 Å². The highest BCUT2D eigenvalue weighted by atomic mass is 16.5. The molecule has 2 amide bonds. The Morgan fingerprint density at radius 1 is 0.756 bits per heavy atom. The first kappa shape index (κ1) is 25.6. The average molecular weight is 542 g/mol. The molecule has 202 valence electrons. The maximum Gasteiger partial charge on any atom is 0.323 e. The molecule has 0 saturated carbocycles. The number of methoxy groups -OCH3 is 1. The molecule has 0 fully saturated rings. The summed E-state index contributed by atoms with van der Waals surface area (Å²) in [6, 6.07) is 34.2. The van der Waals surface area contributed by atoms with Crippen LogP contribution in [0.25, 0.3) is 22.6 Å². The summed E-state index contributed by atoms with van der Waals surface area (Å²) in [4.78, 5) is 26.8. The SMILES string of the molecule is COc1ccc(NC(=O)Nc2ccc(Nc3nc(-c4ccccc4)nc4c3ncn4Cc3ccccc3)cc2)cc1. The van der Waals surface area contributed by atoms with E-state index in [0.29, 0.717) is 35.1 Å². The molecule has 0 spiro atoms. The number of imidazole rings is 1. The fourth-order valence-corrected chi connectivity index (χ4v) is 4.38. The summed E-state index contributed by atoms with van der Waals surface area (Å²) < 4.78 is 7.18. The zero-order valence-corrected chi connectivity index (χ0v) is 22.3. The molecule has 3 N–H and O–H groups in total. The van der Waals surface area contributed by atoms with Crippen LogP contribution in [0.4, 0.5) is 27.7 Å². The lowest BCUT2D eigenvalue weighted by Crippen LogP contribution is -2.19. The van der Waals surface area contributed by atoms with E-state index in [0.717, 1.165) is 28.2 Å². The predicted molar refractivity (Wildman–Crippen MR) is 162 cm³/mol. The van der Waals surface area contributed by atoms with E-state index in [4.69, 9.17) is 14.7 Å². The van der Waals surface area contributed by atoms with Crippen LogP contribution in [-0.4, -0.2) is 32.7 Å². The van der Waals surface area contributed by atoms with Crippen molar-refractivity contribution in [3.63, 3.8) is 0 Å². The number of ether oxygens (including phenoxy) is 1. The number of aromatic nitrogens is 4. The molecule has 6 rings (SSSR count). The summed E-state index contributed by atoms with van der Waals surface area (Å²) in [6.07, 6.45) is 1.79. The normalized spacial score (nSPS) is 10.8. The number of carbonyl (C=O) groups is 1. The number of hydrogen-bond acceptors (Lipinski definition) is 6. The van der Waals surface area contributed by atoms with Crippen LogP contribution in [-0.2, 0) is 6.54 Å². The highest BCUT2D eigenvalue weighted by Crippen LogP contribution is 2.28. The minimum Gasteiger partial charge on any atom is -0.497 e. The Morgan fingerprint density at radius 3 is 2.02 bits per heavy atom. The topological polar surface area (TPSA) is 106 Å². The van der Waals surface area contributed by atoms with Gasteiger partial charge in [0.05, 0.1) is 20.0 Å². The van der Waals surface area contributed by atoms with E-state index in [1.165, 1.54) is 0 Å². The maximum absolute atomic E-state index is 12.5. The maximum atomic E-state index is 12.5. The lowest BCUT2D eigenvalue weighted by atomic mass is 10.2. The average Bonchev–Trinajstić information content (AvgIpc) is 3.42. The standard InChI is InChI=1S/C32H27N7O2/c1-41-27-18-16-26(17-19-27)36-32(40)35-25-14-12-24(13-15-25)34-30-28-31(38-29(37-30)23-10-6-3-7-11-23)39(21-33-28)20-22-8-4-2-5-9-22/h2-19,21H,20H2,1H3,(H,34,37,38)(H2,35,36,40). The van der Waals surface area contributed by atoms with Crippen molar-refractivity contribution in [2.45, 2.75) is 6.54 Å². The molecule has 0 unspecified atom stereocenters. The molecule has 41 heavy (non-hydrogen) atoms. The number of urea groups is 1. The fourth-order valence-electron chi connectivity index (χ4n) is 4.38. The quantitative estimate of drug-likeness (QED) is 0.193. The summed E-state index contributed by atoms with van der Waals surface area (Å²) in [6.45, 7) is 0.640. The van der Waals surface area contributed by atoms with Crippen molar-refractivity contribution in [1.29, 1.82) is 0 Å². The molecule has 0 aliphatic rings. The third-order valence-corrected chi connectivity index (χ3v) is 6.45. The molecule has 0 bridgehead atoms. The van der Waals surface area contributed by atoms with Crippen molar-refractivity contribution in [2.75, 3.05) is 23.1 Å². The Balaban J connectivity index is 1.23. The molecule has 0 aliphatic heterocycles. The van der Waals surface area contributed by atoms with Gasteiger partial charge in [0.2, 0.25) is 0 Å². The Hall–Kier alpha value is -5.70. The molecular formula is C32H27N7O2. The van der Waals surface area contributed by atoms with Crippen molar-refractivity contribution in [3.05, 3.63) is 121 Å². The molecule has 9 heteroatoms. The van der Waals surface area contributed by atoms with Crippen molar-refractivity contribution in [3.8, 4) is 17.1 Å². The predicted octanol–water partition coefficient (Wildman–Crippen LogP) is 6.94. The number of benzene rings is 4. The lowest BCUT2D eigenvalue weighted by molar-refractivity contribution is 0.262. The summed E-state index contributed by atoms with van der Waals surface area (Å²) in [5.74, 6) is 1.92. The van der Waals surface area contributed by atoms with Crippen LogP contribution in [0.3, 0.4) is 0 Å². The van der Waals surface area contributed by atoms with E-state index in [2.05, 4.69) is 33.1 Å². The Morgan fingerprint density at radius 2 is 1.37 bits per heavy atom. The molecule has 2 aromatic heterocycles. The molecule has 9 nitrogen and oxygen atoms in total. The van der Waals surface area contributed by atoms with E-state index >= 15 is 0 Å². The van der Waals surface area contributed by atoms with E-state index in [-0.39, 0.29) is 6.03 Å². The van der Waals surface area contributed by atoms with Crippen LogP contribution < -0.4 is 20.7 Å². The summed E-state index contributed by atoms with van der Waals surface area (Å²) in [5.41, 5.74) is 5.57. The molecule has 0 radical (unpaired) electrons. The second-order valence-corrected chi connectivity index (χ2v) is 9.30. The Kier molecular flexibility index (Phi) is 7.23. The van der Waals surface area contributed by atoms with Crippen LogP contribution in [0.15, 0.2) is 116 Å². The van der Waals surface area contributed by atoms with Gasteiger partial charge in [0.25, 0.3) is 0 Å². The Bertz CT molecular complexity index is 1770. The molecule has 4 aromatic carbocycles. The third kappa shape index (κ3) is 5.99. The highest BCUT2D eigenvalue weighted by Gasteiger charge is 2.15. The van der Waals surface area contributed by atoms with Crippen molar-refractivity contribution in [1.82, 2.24) is 19.5 Å². The fraction of sp³-hybridized carbons (Fsp3) is 0.0625. The van der Waals surface area contributed by atoms with Gasteiger partial charge >= 0.3 is 6.03 Å². The van der Waals surface area contributed by atoms with Gasteiger partial charge in [0.15, 0.2) is 22.8 Å². The zero-order chi connectivity index (χ0) is 28.0. The van der Waals surface area contributed by atoms with Gasteiger partial charge in [-0.2, -0.15) is 0 Å². The van der Waals surface area contributed by atoms with Gasteiger partial charge in [-0.3, -0.25) is 0 Å². The second kappa shape index (κ2) is 11.6. The van der Waals surface area contributed by atoms with Crippen LogP contribution in [0.1, 0.15) is 5.56 Å². The molecular weight excluding hydrogens is 514 g/mol. The zero-order valence-electron chi connectivity index (χ0n) is 22.3. The number of amides is 2. The van der Waals surface area contributed by atoms with E-state index < -0.39 is 0 Å². The molecule has 0 aliphatic carbocycles. The number of carbonyl (C=O) groups excluding carboxylic acids is 1. The lowest BCUT2D eigenvalue weighted by Gasteiger charge is -2.11. The summed E-state index contributed by atoms with van der Waals surface area (Å²) in [5, 5.41) is 9.05. The van der Waals surface area contributed by atoms with Gasteiger partial charge in [-0.25, -0.2) is 19.7 Å². The number of nitrogens with zero attached hydrogens (tertiary/aromatic N) is 4. The minimum absolute atomic E-state index is 0.343. The molecule has 6 aromatic rings. The first-order chi connectivity index (χ1) is 20.1. The molecule has 0 atom stereocenters. The van der Waals surface area contributed by atoms with E-state index in [1.54, 1.807) is 37.7 Å². The first-order valence-electron chi connectivity index (χ1n) is 13.1. The number of anilines is 4. The highest BCUT2D eigenvalue weighted by molar-refractivity contribution is 6.00. The molecule has 0 saturated heterocycles. The number of rotatable bonds is 8. The number of hydrogen-bond donors (Lipinski definition) is 3. The number of nitrogens with one attached hydrogen (secondary N) is 3.